The molecule has 1 saturated heterocycles. The average Bonchev–Trinajstić information content (AvgIpc) is 3.29. The molecule has 0 atom stereocenters. The fourth-order valence-corrected chi connectivity index (χ4v) is 4.99. The minimum atomic E-state index is -4.74. The Kier molecular flexibility index (Phi) is 6.10. The second-order valence-electron chi connectivity index (χ2n) is 9.17. The minimum Gasteiger partial charge on any atom is -0.497 e. The molecule has 0 saturated carbocycles. The summed E-state index contributed by atoms with van der Waals surface area (Å²) in [7, 11) is 1.50. The number of hydrogen-bond donors (Lipinski definition) is 2. The van der Waals surface area contributed by atoms with Crippen LogP contribution in [0, 0.1) is 5.92 Å². The number of pyridine rings is 1. The number of hydrogen-bond acceptors (Lipinski definition) is 5. The molecule has 2 aliphatic rings. The SMILES string of the molecule is COc1cccc(-c2cn(-c3cc(N4CC(CO)C4)ccc3C(F)(F)F)c(=O)c3c2CCN3C(N)=O)c1. The molecule has 0 aliphatic carbocycles. The van der Waals surface area contributed by atoms with Gasteiger partial charge in [0.25, 0.3) is 5.56 Å². The molecule has 194 valence electrons. The molecule has 0 bridgehead atoms. The molecule has 3 N–H and O–H groups in total. The zero-order valence-corrected chi connectivity index (χ0v) is 20.0. The second-order valence-corrected chi connectivity index (χ2v) is 9.17. The number of aromatic nitrogens is 1. The third-order valence-corrected chi connectivity index (χ3v) is 6.92. The lowest BCUT2D eigenvalue weighted by atomic mass is 9.98. The van der Waals surface area contributed by atoms with Gasteiger partial charge in [0, 0.05) is 49.6 Å². The molecule has 0 radical (unpaired) electrons. The van der Waals surface area contributed by atoms with E-state index in [9.17, 15) is 27.9 Å². The van der Waals surface area contributed by atoms with Crippen molar-refractivity contribution < 1.29 is 27.8 Å². The van der Waals surface area contributed by atoms with Gasteiger partial charge in [0.1, 0.15) is 11.4 Å². The fourth-order valence-electron chi connectivity index (χ4n) is 4.99. The number of fused-ring (bicyclic) bond motifs is 1. The Balaban J connectivity index is 1.77. The van der Waals surface area contributed by atoms with Crippen LogP contribution in [-0.2, 0) is 12.6 Å². The molecule has 2 amide bonds. The highest BCUT2D eigenvalue weighted by atomic mass is 19.4. The first-order valence-corrected chi connectivity index (χ1v) is 11.7. The van der Waals surface area contributed by atoms with Crippen LogP contribution in [0.25, 0.3) is 16.8 Å². The molecule has 8 nitrogen and oxygen atoms in total. The van der Waals surface area contributed by atoms with Crippen molar-refractivity contribution in [1.82, 2.24) is 4.57 Å². The molecule has 1 aromatic heterocycles. The third-order valence-electron chi connectivity index (χ3n) is 6.92. The Hall–Kier alpha value is -3.99. The van der Waals surface area contributed by atoms with Crippen LogP contribution in [0.3, 0.4) is 0 Å². The number of alkyl halides is 3. The van der Waals surface area contributed by atoms with E-state index in [-0.39, 0.29) is 30.4 Å². The number of anilines is 2. The number of aliphatic hydroxyl groups is 1. The normalized spacial score (nSPS) is 15.5. The summed E-state index contributed by atoms with van der Waals surface area (Å²) < 4.78 is 48.7. The zero-order chi connectivity index (χ0) is 26.5. The third kappa shape index (κ3) is 4.29. The van der Waals surface area contributed by atoms with Crippen LogP contribution < -0.4 is 25.8 Å². The Morgan fingerprint density at radius 2 is 1.95 bits per heavy atom. The lowest BCUT2D eigenvalue weighted by Crippen LogP contribution is -2.48. The van der Waals surface area contributed by atoms with Crippen LogP contribution >= 0.6 is 0 Å². The number of amides is 2. The number of benzene rings is 2. The van der Waals surface area contributed by atoms with Crippen LogP contribution in [0.1, 0.15) is 11.1 Å². The zero-order valence-electron chi connectivity index (χ0n) is 20.0. The van der Waals surface area contributed by atoms with Gasteiger partial charge < -0.3 is 20.5 Å². The van der Waals surface area contributed by atoms with Crippen molar-refractivity contribution in [2.24, 2.45) is 11.7 Å². The average molecular weight is 515 g/mol. The number of primary amides is 1. The number of urea groups is 1. The molecule has 5 rings (SSSR count). The van der Waals surface area contributed by atoms with Crippen molar-refractivity contribution in [3.05, 3.63) is 70.1 Å². The number of halogens is 3. The number of methoxy groups -OCH3 is 1. The lowest BCUT2D eigenvalue weighted by Gasteiger charge is -2.40. The minimum absolute atomic E-state index is 0.0128. The topological polar surface area (TPSA) is 101 Å². The van der Waals surface area contributed by atoms with Crippen LogP contribution in [0.2, 0.25) is 0 Å². The monoisotopic (exact) mass is 514 g/mol. The number of rotatable bonds is 5. The molecule has 1 fully saturated rings. The number of carbonyl (C=O) groups is 1. The summed E-state index contributed by atoms with van der Waals surface area (Å²) in [5.74, 6) is 0.570. The van der Waals surface area contributed by atoms with E-state index in [0.717, 1.165) is 15.5 Å². The summed E-state index contributed by atoms with van der Waals surface area (Å²) in [6, 6.07) is 9.72. The molecule has 2 aromatic carbocycles. The summed E-state index contributed by atoms with van der Waals surface area (Å²) in [6.45, 7) is 1.11. The standard InChI is InChI=1S/C26H25F3N4O4/c1-37-18-4-2-3-16(9-18)20-13-33(24(35)23-19(20)7-8-32(23)25(30)36)22-10-17(31-11-15(12-31)14-34)5-6-21(22)26(27,28)29/h2-6,9-10,13,15,34H,7-8,11-12,14H2,1H3,(H2,30,36). The van der Waals surface area contributed by atoms with Crippen molar-refractivity contribution in [2.45, 2.75) is 12.6 Å². The van der Waals surface area contributed by atoms with E-state index in [1.54, 1.807) is 24.3 Å². The molecular formula is C26H25F3N4O4. The van der Waals surface area contributed by atoms with Crippen LogP contribution in [0.4, 0.5) is 29.3 Å². The van der Waals surface area contributed by atoms with Crippen molar-refractivity contribution >= 4 is 17.4 Å². The number of ether oxygens (including phenoxy) is 1. The molecule has 0 unspecified atom stereocenters. The molecular weight excluding hydrogens is 489 g/mol. The molecule has 11 heteroatoms. The Morgan fingerprint density at radius 3 is 2.59 bits per heavy atom. The lowest BCUT2D eigenvalue weighted by molar-refractivity contribution is -0.137. The van der Waals surface area contributed by atoms with E-state index in [0.29, 0.717) is 47.6 Å². The van der Waals surface area contributed by atoms with Crippen LogP contribution in [-0.4, -0.2) is 49.1 Å². The number of carbonyl (C=O) groups excluding carboxylic acids is 1. The Morgan fingerprint density at radius 1 is 1.19 bits per heavy atom. The van der Waals surface area contributed by atoms with Gasteiger partial charge in [0.15, 0.2) is 0 Å². The van der Waals surface area contributed by atoms with Gasteiger partial charge in [-0.15, -0.1) is 0 Å². The molecule has 37 heavy (non-hydrogen) atoms. The van der Waals surface area contributed by atoms with Gasteiger partial charge in [0.2, 0.25) is 0 Å². The van der Waals surface area contributed by atoms with Gasteiger partial charge in [-0.25, -0.2) is 4.79 Å². The molecule has 3 heterocycles. The second kappa shape index (κ2) is 9.15. The molecule has 2 aliphatic heterocycles. The number of nitrogens with zero attached hydrogens (tertiary/aromatic N) is 3. The maximum absolute atomic E-state index is 14.1. The summed E-state index contributed by atoms with van der Waals surface area (Å²) in [4.78, 5) is 28.8. The highest BCUT2D eigenvalue weighted by Crippen LogP contribution is 2.40. The van der Waals surface area contributed by atoms with Crippen LogP contribution in [0.15, 0.2) is 53.5 Å². The van der Waals surface area contributed by atoms with Gasteiger partial charge in [0.05, 0.1) is 18.4 Å². The van der Waals surface area contributed by atoms with E-state index in [2.05, 4.69) is 0 Å². The van der Waals surface area contributed by atoms with E-state index in [1.165, 1.54) is 25.4 Å². The maximum Gasteiger partial charge on any atom is 0.418 e. The predicted octanol–water partition coefficient (Wildman–Crippen LogP) is 3.40. The van der Waals surface area contributed by atoms with Gasteiger partial charge in [-0.1, -0.05) is 12.1 Å². The number of aliphatic hydroxyl groups excluding tert-OH is 1. The van der Waals surface area contributed by atoms with Crippen LogP contribution in [0.5, 0.6) is 5.75 Å². The van der Waals surface area contributed by atoms with Gasteiger partial charge >= 0.3 is 12.2 Å². The van der Waals surface area contributed by atoms with Gasteiger partial charge in [-0.05, 0) is 47.9 Å². The molecule has 0 spiro atoms. The van der Waals surface area contributed by atoms with E-state index < -0.39 is 23.3 Å². The summed E-state index contributed by atoms with van der Waals surface area (Å²) in [5, 5.41) is 9.33. The fraction of sp³-hybridized carbons (Fsp3) is 0.308. The molecule has 3 aromatic rings. The quantitative estimate of drug-likeness (QED) is 0.544. The van der Waals surface area contributed by atoms with E-state index >= 15 is 0 Å². The van der Waals surface area contributed by atoms with Gasteiger partial charge in [-0.3, -0.25) is 14.3 Å². The summed E-state index contributed by atoms with van der Waals surface area (Å²) in [5.41, 5.74) is 5.54. The van der Waals surface area contributed by atoms with Gasteiger partial charge in [-0.2, -0.15) is 13.2 Å². The Labute approximate surface area is 210 Å². The summed E-state index contributed by atoms with van der Waals surface area (Å²) in [6.07, 6.45) is -3.03. The predicted molar refractivity (Wildman–Crippen MR) is 132 cm³/mol. The smallest absolute Gasteiger partial charge is 0.418 e. The highest BCUT2D eigenvalue weighted by molar-refractivity contribution is 5.94. The largest absolute Gasteiger partial charge is 0.497 e. The first-order chi connectivity index (χ1) is 17.6. The van der Waals surface area contributed by atoms with Crippen molar-refractivity contribution in [2.75, 3.05) is 43.2 Å². The first-order valence-electron chi connectivity index (χ1n) is 11.7. The highest BCUT2D eigenvalue weighted by Gasteiger charge is 2.37. The number of nitrogens with two attached hydrogens (primary N) is 1. The first kappa shape index (κ1) is 24.7. The van der Waals surface area contributed by atoms with E-state index in [1.807, 2.05) is 4.90 Å². The van der Waals surface area contributed by atoms with E-state index in [4.69, 9.17) is 10.5 Å². The Bertz CT molecular complexity index is 1430. The van der Waals surface area contributed by atoms with Crippen molar-refractivity contribution in [3.8, 4) is 22.6 Å². The maximum atomic E-state index is 14.1. The van der Waals surface area contributed by atoms with Crippen molar-refractivity contribution in [1.29, 1.82) is 0 Å². The summed E-state index contributed by atoms with van der Waals surface area (Å²) >= 11 is 0. The van der Waals surface area contributed by atoms with Crippen molar-refractivity contribution in [3.63, 3.8) is 0 Å².